The Morgan fingerprint density at radius 1 is 0.949 bits per heavy atom. The van der Waals surface area contributed by atoms with Crippen LogP contribution in [0.25, 0.3) is 10.8 Å². The maximum atomic E-state index is 12.3. The monoisotopic (exact) mass is 603 g/mol. The molecule has 18 heteroatoms. The Labute approximate surface area is 222 Å². The molecule has 3 aromatic rings. The van der Waals surface area contributed by atoms with Gasteiger partial charge >= 0.3 is 0 Å². The average Bonchev–Trinajstić information content (AvgIpc) is 2.81. The highest BCUT2D eigenvalue weighted by Gasteiger charge is 2.26. The number of ether oxygens (including phenoxy) is 1. The van der Waals surface area contributed by atoms with Crippen LogP contribution in [0.1, 0.15) is 6.92 Å². The van der Waals surface area contributed by atoms with E-state index < -0.39 is 69.6 Å². The van der Waals surface area contributed by atoms with E-state index in [1.54, 1.807) is 0 Å². The molecule has 210 valence electrons. The number of aliphatic hydroxyl groups is 1. The van der Waals surface area contributed by atoms with Crippen molar-refractivity contribution in [3.63, 3.8) is 0 Å². The zero-order chi connectivity index (χ0) is 29.3. The number of methoxy groups -OCH3 is 1. The number of hydrogen-bond donors (Lipinski definition) is 5. The van der Waals surface area contributed by atoms with E-state index in [4.69, 9.17) is 9.84 Å². The Balaban J connectivity index is 2.37. The third-order valence-electron chi connectivity index (χ3n) is 5.14. The van der Waals surface area contributed by atoms with Crippen LogP contribution in [-0.4, -0.2) is 69.9 Å². The van der Waals surface area contributed by atoms with Crippen molar-refractivity contribution in [3.8, 4) is 11.5 Å². The molecule has 0 saturated heterocycles. The van der Waals surface area contributed by atoms with Gasteiger partial charge in [-0.15, -0.1) is 10.2 Å². The Kier molecular flexibility index (Phi) is 8.29. The van der Waals surface area contributed by atoms with Crippen LogP contribution in [0.15, 0.2) is 61.3 Å². The van der Waals surface area contributed by atoms with Gasteiger partial charge in [-0.05, 0) is 41.8 Å². The van der Waals surface area contributed by atoms with Gasteiger partial charge < -0.3 is 20.3 Å². The van der Waals surface area contributed by atoms with Crippen LogP contribution >= 0.6 is 0 Å². The van der Waals surface area contributed by atoms with Crippen LogP contribution < -0.4 is 10.1 Å². The smallest absolute Gasteiger partial charge is 0.296 e. The molecule has 15 nitrogen and oxygen atoms in total. The second kappa shape index (κ2) is 10.8. The minimum Gasteiger partial charge on any atom is -0.505 e. The summed E-state index contributed by atoms with van der Waals surface area (Å²) in [4.78, 5) is 9.63. The number of nitrogens with one attached hydrogen (secondary N) is 1. The number of carbonyl (C=O) groups excluding carboxylic acids is 1. The summed E-state index contributed by atoms with van der Waals surface area (Å²) in [5, 5.41) is 29.1. The highest BCUT2D eigenvalue weighted by atomic mass is 32.2. The average molecular weight is 604 g/mol. The van der Waals surface area contributed by atoms with Crippen molar-refractivity contribution >= 4 is 63.8 Å². The molecule has 0 bridgehead atoms. The first kappa shape index (κ1) is 29.9. The van der Waals surface area contributed by atoms with Gasteiger partial charge in [0, 0.05) is 12.3 Å². The maximum Gasteiger partial charge on any atom is 0.296 e. The molecule has 3 aromatic carbocycles. The van der Waals surface area contributed by atoms with E-state index >= 15 is 0 Å². The summed E-state index contributed by atoms with van der Waals surface area (Å²) >= 11 is 0. The summed E-state index contributed by atoms with van der Waals surface area (Å²) in [7, 11) is -12.7. The van der Waals surface area contributed by atoms with Crippen LogP contribution in [0, 0.1) is 0 Å². The minimum absolute atomic E-state index is 0.0212. The molecule has 0 saturated carbocycles. The number of azo groups is 1. The summed E-state index contributed by atoms with van der Waals surface area (Å²) < 4.78 is 96.8. The van der Waals surface area contributed by atoms with Gasteiger partial charge in [-0.1, -0.05) is 0 Å². The lowest BCUT2D eigenvalue weighted by atomic mass is 10.1. The summed E-state index contributed by atoms with van der Waals surface area (Å²) in [6.07, 6.45) is 0. The van der Waals surface area contributed by atoms with Crippen LogP contribution in [0.2, 0.25) is 0 Å². The predicted molar refractivity (Wildman–Crippen MR) is 136 cm³/mol. The quantitative estimate of drug-likeness (QED) is 0.174. The van der Waals surface area contributed by atoms with E-state index in [9.17, 15) is 44.3 Å². The normalized spacial score (nSPS) is 12.6. The number of benzene rings is 3. The van der Waals surface area contributed by atoms with Crippen molar-refractivity contribution < 1.29 is 54.1 Å². The van der Waals surface area contributed by atoms with Gasteiger partial charge in [0.2, 0.25) is 5.91 Å². The zero-order valence-corrected chi connectivity index (χ0v) is 22.5. The van der Waals surface area contributed by atoms with Gasteiger partial charge in [0.25, 0.3) is 20.2 Å². The van der Waals surface area contributed by atoms with Crippen molar-refractivity contribution in [1.82, 2.24) is 0 Å². The zero-order valence-electron chi connectivity index (χ0n) is 20.1. The van der Waals surface area contributed by atoms with Crippen molar-refractivity contribution in [2.45, 2.75) is 21.6 Å². The topological polar surface area (TPSA) is 246 Å². The second-order valence-corrected chi connectivity index (χ2v) is 12.8. The van der Waals surface area contributed by atoms with E-state index in [-0.39, 0.29) is 32.8 Å². The fourth-order valence-electron chi connectivity index (χ4n) is 3.47. The number of phenols is 1. The number of aliphatic hydroxyl groups excluding tert-OH is 1. The fourth-order valence-corrected chi connectivity index (χ4v) is 5.72. The first-order valence-electron chi connectivity index (χ1n) is 10.5. The van der Waals surface area contributed by atoms with Crippen LogP contribution in [0.3, 0.4) is 0 Å². The number of fused-ring (bicyclic) bond motifs is 1. The summed E-state index contributed by atoms with van der Waals surface area (Å²) in [5.41, 5.74) is -1.47. The molecule has 39 heavy (non-hydrogen) atoms. The molecule has 3 rings (SSSR count). The number of amides is 1. The number of aromatic hydroxyl groups is 1. The first-order chi connectivity index (χ1) is 18.0. The summed E-state index contributed by atoms with van der Waals surface area (Å²) in [6, 6.07) is 5.70. The molecule has 0 fully saturated rings. The molecule has 5 N–H and O–H groups in total. The molecule has 0 aliphatic rings. The number of phenolic OH excluding ortho intramolecular Hbond substituents is 1. The Morgan fingerprint density at radius 3 is 2.15 bits per heavy atom. The van der Waals surface area contributed by atoms with Gasteiger partial charge in [0.1, 0.15) is 22.0 Å². The van der Waals surface area contributed by atoms with Crippen LogP contribution in [0.4, 0.5) is 17.1 Å². The number of carbonyl (C=O) groups is 1. The first-order valence-corrected chi connectivity index (χ1v) is 15.0. The largest absolute Gasteiger partial charge is 0.505 e. The lowest BCUT2D eigenvalue weighted by Gasteiger charge is -2.14. The van der Waals surface area contributed by atoms with Gasteiger partial charge in [-0.2, -0.15) is 16.8 Å². The highest BCUT2D eigenvalue weighted by molar-refractivity contribution is 7.91. The minimum atomic E-state index is -5.16. The Morgan fingerprint density at radius 2 is 1.62 bits per heavy atom. The standard InChI is InChI=1S/C21H21N3O12S3/c1-11(26)22-16-10-14(38(30,31)32)7-12-8-18(39(33,34)35)20(21(27)19(12)16)24-23-15-9-13(3-4-17(15)36-2)37(28,29)6-5-25/h3-4,7-10,25,27H,5-6H2,1-2H3,(H,22,26)(H,30,31,32)(H,33,34,35). The van der Waals surface area contributed by atoms with Crippen molar-refractivity contribution in [2.24, 2.45) is 10.2 Å². The van der Waals surface area contributed by atoms with Gasteiger partial charge in [-0.25, -0.2) is 8.42 Å². The van der Waals surface area contributed by atoms with Gasteiger partial charge in [-0.3, -0.25) is 13.9 Å². The second-order valence-electron chi connectivity index (χ2n) is 7.85. The molecular weight excluding hydrogens is 582 g/mol. The maximum absolute atomic E-state index is 12.3. The fraction of sp³-hybridized carbons (Fsp3) is 0.190. The van der Waals surface area contributed by atoms with Crippen LogP contribution in [-0.2, 0) is 34.9 Å². The molecule has 1 amide bonds. The van der Waals surface area contributed by atoms with Crippen LogP contribution in [0.5, 0.6) is 11.5 Å². The lowest BCUT2D eigenvalue weighted by Crippen LogP contribution is -2.09. The molecular formula is C21H21N3O12S3. The summed E-state index contributed by atoms with van der Waals surface area (Å²) in [6.45, 7) is 0.393. The number of rotatable bonds is 9. The molecule has 0 radical (unpaired) electrons. The SMILES string of the molecule is COc1ccc(S(=O)(=O)CCO)cc1N=Nc1c(S(=O)(=O)O)cc2cc(S(=O)(=O)O)cc(NC(C)=O)c2c1O. The Hall–Kier alpha value is -3.68. The number of anilines is 1. The van der Waals surface area contributed by atoms with Gasteiger partial charge in [0.15, 0.2) is 15.6 Å². The molecule has 0 atom stereocenters. The van der Waals surface area contributed by atoms with E-state index in [1.807, 2.05) is 0 Å². The molecule has 0 aromatic heterocycles. The van der Waals surface area contributed by atoms with E-state index in [2.05, 4.69) is 15.5 Å². The number of nitrogens with zero attached hydrogens (tertiary/aromatic N) is 2. The number of sulfone groups is 1. The third-order valence-corrected chi connectivity index (χ3v) is 8.53. The molecule has 0 aliphatic heterocycles. The predicted octanol–water partition coefficient (Wildman–Crippen LogP) is 2.19. The summed E-state index contributed by atoms with van der Waals surface area (Å²) in [5.74, 6) is -2.33. The molecule has 0 heterocycles. The van der Waals surface area contributed by atoms with Crippen molar-refractivity contribution in [3.05, 3.63) is 36.4 Å². The van der Waals surface area contributed by atoms with E-state index in [0.29, 0.717) is 0 Å². The number of hydrogen-bond acceptors (Lipinski definition) is 12. The van der Waals surface area contributed by atoms with Crippen molar-refractivity contribution in [2.75, 3.05) is 24.8 Å². The molecule has 0 spiro atoms. The van der Waals surface area contributed by atoms with Crippen molar-refractivity contribution in [1.29, 1.82) is 0 Å². The Bertz CT molecular complexity index is 1830. The third kappa shape index (κ3) is 6.49. The van der Waals surface area contributed by atoms with Gasteiger partial charge in [0.05, 0.1) is 34.9 Å². The van der Waals surface area contributed by atoms with E-state index in [0.717, 1.165) is 31.2 Å². The lowest BCUT2D eigenvalue weighted by molar-refractivity contribution is -0.114. The highest BCUT2D eigenvalue weighted by Crippen LogP contribution is 2.45. The molecule has 0 unspecified atom stereocenters. The molecule has 0 aliphatic carbocycles. The van der Waals surface area contributed by atoms with E-state index in [1.165, 1.54) is 19.2 Å².